The van der Waals surface area contributed by atoms with Gasteiger partial charge < -0.3 is 10.1 Å². The fourth-order valence-electron chi connectivity index (χ4n) is 2.80. The first-order chi connectivity index (χ1) is 15.4. The topological polar surface area (TPSA) is 74.0 Å². The number of benzene rings is 2. The minimum atomic E-state index is -0.530. The Morgan fingerprint density at radius 2 is 1.91 bits per heavy atom. The number of amides is 1. The zero-order chi connectivity index (χ0) is 22.7. The van der Waals surface area contributed by atoms with Crippen LogP contribution < -0.4 is 10.1 Å². The van der Waals surface area contributed by atoms with E-state index >= 15 is 0 Å². The molecule has 0 atom stereocenters. The van der Waals surface area contributed by atoms with E-state index in [1.165, 1.54) is 22.9 Å². The van der Waals surface area contributed by atoms with Crippen molar-refractivity contribution in [2.45, 2.75) is 13.3 Å². The van der Waals surface area contributed by atoms with Crippen LogP contribution in [0.5, 0.6) is 5.75 Å². The highest BCUT2D eigenvalue weighted by Crippen LogP contribution is 2.23. The van der Waals surface area contributed by atoms with Crippen LogP contribution in [0.2, 0.25) is 10.0 Å². The molecule has 0 spiro atoms. The molecule has 0 saturated carbocycles. The van der Waals surface area contributed by atoms with Crippen LogP contribution in [-0.2, 0) is 13.3 Å². The van der Waals surface area contributed by atoms with Gasteiger partial charge in [0, 0.05) is 23.5 Å². The average molecular weight is 539 g/mol. The summed E-state index contributed by atoms with van der Waals surface area (Å²) in [5.74, 6) is -0.227. The zero-order valence-corrected chi connectivity index (χ0v) is 19.4. The van der Waals surface area contributed by atoms with Crippen molar-refractivity contribution in [3.8, 4) is 5.75 Å². The van der Waals surface area contributed by atoms with Crippen LogP contribution in [-0.4, -0.2) is 25.5 Å². The molecule has 0 aliphatic rings. The van der Waals surface area contributed by atoms with Gasteiger partial charge in [0.1, 0.15) is 11.6 Å². The molecule has 1 N–H and O–H groups in total. The first-order valence-electron chi connectivity index (χ1n) is 9.28. The lowest BCUT2D eigenvalue weighted by atomic mass is 10.2. The Bertz CT molecular complexity index is 1280. The summed E-state index contributed by atoms with van der Waals surface area (Å²) in [6.07, 6.45) is 3.34. The number of aromatic nitrogens is 4. The van der Waals surface area contributed by atoms with E-state index in [0.717, 1.165) is 5.56 Å². The van der Waals surface area contributed by atoms with Crippen molar-refractivity contribution in [3.05, 3.63) is 92.5 Å². The van der Waals surface area contributed by atoms with E-state index in [9.17, 15) is 9.18 Å². The summed E-state index contributed by atoms with van der Waals surface area (Å²) >= 11 is 15.3. The SMILES string of the molecule is O=C(Nc1nn(Cc2ccccc2Cl)cc1Br)c1ccn(COc2ccc(F)c(Cl)c2)n1. The maximum absolute atomic E-state index is 13.2. The van der Waals surface area contributed by atoms with Crippen molar-refractivity contribution in [2.75, 3.05) is 5.32 Å². The maximum atomic E-state index is 13.2. The largest absolute Gasteiger partial charge is 0.471 e. The molecule has 11 heteroatoms. The van der Waals surface area contributed by atoms with Crippen molar-refractivity contribution in [2.24, 2.45) is 0 Å². The van der Waals surface area contributed by atoms with Gasteiger partial charge in [0.25, 0.3) is 5.91 Å². The summed E-state index contributed by atoms with van der Waals surface area (Å²) in [6, 6.07) is 13.0. The van der Waals surface area contributed by atoms with E-state index in [1.54, 1.807) is 23.1 Å². The summed E-state index contributed by atoms with van der Waals surface area (Å²) < 4.78 is 22.5. The van der Waals surface area contributed by atoms with Gasteiger partial charge in [-0.05, 0) is 45.8 Å². The van der Waals surface area contributed by atoms with E-state index in [4.69, 9.17) is 27.9 Å². The predicted molar refractivity (Wildman–Crippen MR) is 123 cm³/mol. The molecule has 7 nitrogen and oxygen atoms in total. The Morgan fingerprint density at radius 3 is 2.69 bits per heavy atom. The van der Waals surface area contributed by atoms with Crippen molar-refractivity contribution >= 4 is 50.9 Å². The standard InChI is InChI=1S/C21H15BrCl2FN5O2/c22-15-11-30(10-13-3-1-2-4-16(13)23)28-20(15)26-21(31)19-7-8-29(27-19)12-32-14-5-6-18(25)17(24)9-14/h1-9,11H,10,12H2,(H,26,28,31). The molecule has 2 aromatic carbocycles. The third kappa shape index (κ3) is 5.29. The molecule has 4 rings (SSSR count). The number of hydrogen-bond acceptors (Lipinski definition) is 4. The fourth-order valence-corrected chi connectivity index (χ4v) is 3.58. The molecule has 0 fully saturated rings. The number of ether oxygens (including phenoxy) is 1. The van der Waals surface area contributed by atoms with Gasteiger partial charge in [-0.2, -0.15) is 10.2 Å². The van der Waals surface area contributed by atoms with Gasteiger partial charge in [0.05, 0.1) is 16.0 Å². The lowest BCUT2D eigenvalue weighted by molar-refractivity contribution is 0.101. The van der Waals surface area contributed by atoms with E-state index in [1.807, 2.05) is 24.3 Å². The molecule has 0 saturated heterocycles. The second-order valence-electron chi connectivity index (χ2n) is 6.66. The lowest BCUT2D eigenvalue weighted by Gasteiger charge is -2.06. The Balaban J connectivity index is 1.38. The second-order valence-corrected chi connectivity index (χ2v) is 8.33. The molecule has 0 aliphatic heterocycles. The van der Waals surface area contributed by atoms with E-state index in [2.05, 4.69) is 31.4 Å². The highest BCUT2D eigenvalue weighted by atomic mass is 79.9. The van der Waals surface area contributed by atoms with E-state index in [-0.39, 0.29) is 17.4 Å². The zero-order valence-electron chi connectivity index (χ0n) is 16.3. The first-order valence-corrected chi connectivity index (χ1v) is 10.8. The average Bonchev–Trinajstić information content (AvgIpc) is 3.37. The van der Waals surface area contributed by atoms with Gasteiger partial charge in [0.2, 0.25) is 0 Å². The van der Waals surface area contributed by atoms with Gasteiger partial charge in [0.15, 0.2) is 18.2 Å². The van der Waals surface area contributed by atoms with Crippen molar-refractivity contribution < 1.29 is 13.9 Å². The van der Waals surface area contributed by atoms with Crippen LogP contribution >= 0.6 is 39.1 Å². The predicted octanol–water partition coefficient (Wildman–Crippen LogP) is 5.63. The van der Waals surface area contributed by atoms with Crippen molar-refractivity contribution in [1.29, 1.82) is 0 Å². The second kappa shape index (κ2) is 9.72. The summed E-state index contributed by atoms with van der Waals surface area (Å²) in [4.78, 5) is 12.6. The normalized spacial score (nSPS) is 10.9. The third-order valence-corrected chi connectivity index (χ3v) is 5.61. The summed E-state index contributed by atoms with van der Waals surface area (Å²) in [5, 5.41) is 11.9. The number of anilines is 1. The van der Waals surface area contributed by atoms with Crippen LogP contribution in [0.4, 0.5) is 10.2 Å². The molecular formula is C21H15BrCl2FN5O2. The Kier molecular flexibility index (Phi) is 6.78. The molecule has 164 valence electrons. The smallest absolute Gasteiger partial charge is 0.277 e. The number of carbonyl (C=O) groups excluding carboxylic acids is 1. The molecule has 4 aromatic rings. The van der Waals surface area contributed by atoms with Crippen LogP contribution in [0.25, 0.3) is 0 Å². The minimum Gasteiger partial charge on any atom is -0.471 e. The third-order valence-electron chi connectivity index (χ3n) is 4.37. The van der Waals surface area contributed by atoms with Crippen LogP contribution in [0.15, 0.2) is 65.4 Å². The summed E-state index contributed by atoms with van der Waals surface area (Å²) in [7, 11) is 0. The van der Waals surface area contributed by atoms with Crippen molar-refractivity contribution in [3.63, 3.8) is 0 Å². The van der Waals surface area contributed by atoms with Crippen molar-refractivity contribution in [1.82, 2.24) is 19.6 Å². The highest BCUT2D eigenvalue weighted by molar-refractivity contribution is 9.10. The van der Waals surface area contributed by atoms with Crippen LogP contribution in [0, 0.1) is 5.82 Å². The number of halogens is 4. The molecule has 32 heavy (non-hydrogen) atoms. The monoisotopic (exact) mass is 537 g/mol. The van der Waals surface area contributed by atoms with Crippen LogP contribution in [0.1, 0.15) is 16.1 Å². The molecule has 0 aliphatic carbocycles. The Labute approximate surface area is 200 Å². The first kappa shape index (κ1) is 22.3. The molecule has 2 aromatic heterocycles. The molecule has 0 unspecified atom stereocenters. The van der Waals surface area contributed by atoms with E-state index < -0.39 is 11.7 Å². The van der Waals surface area contributed by atoms with Gasteiger partial charge in [-0.15, -0.1) is 0 Å². The minimum absolute atomic E-state index is 0.0192. The van der Waals surface area contributed by atoms with Gasteiger partial charge in [-0.3, -0.25) is 9.48 Å². The summed E-state index contributed by atoms with van der Waals surface area (Å²) in [6.45, 7) is 0.471. The Hall–Kier alpha value is -2.88. The number of nitrogens with zero attached hydrogens (tertiary/aromatic N) is 4. The molecule has 2 heterocycles. The van der Waals surface area contributed by atoms with Gasteiger partial charge >= 0.3 is 0 Å². The highest BCUT2D eigenvalue weighted by Gasteiger charge is 2.15. The lowest BCUT2D eigenvalue weighted by Crippen LogP contribution is -2.15. The molecule has 0 bridgehead atoms. The molecular weight excluding hydrogens is 524 g/mol. The fraction of sp³-hybridized carbons (Fsp3) is 0.0952. The maximum Gasteiger partial charge on any atom is 0.277 e. The molecule has 0 radical (unpaired) electrons. The number of rotatable bonds is 7. The number of hydrogen-bond donors (Lipinski definition) is 1. The number of carbonyl (C=O) groups is 1. The van der Waals surface area contributed by atoms with Gasteiger partial charge in [-0.1, -0.05) is 41.4 Å². The van der Waals surface area contributed by atoms with E-state index in [0.29, 0.717) is 27.6 Å². The quantitative estimate of drug-likeness (QED) is 0.331. The van der Waals surface area contributed by atoms with Crippen LogP contribution in [0.3, 0.4) is 0 Å². The van der Waals surface area contributed by atoms with Gasteiger partial charge in [-0.25, -0.2) is 9.07 Å². The Morgan fingerprint density at radius 1 is 1.09 bits per heavy atom. The summed E-state index contributed by atoms with van der Waals surface area (Å²) in [5.41, 5.74) is 1.08. The number of nitrogens with one attached hydrogen (secondary N) is 1. The molecule has 1 amide bonds.